The molecule has 35 heavy (non-hydrogen) atoms. The third-order valence-electron chi connectivity index (χ3n) is 6.40. The molecule has 0 saturated heterocycles. The van der Waals surface area contributed by atoms with E-state index in [-0.39, 0.29) is 18.1 Å². The Hall–Kier alpha value is -3.40. The van der Waals surface area contributed by atoms with Crippen molar-refractivity contribution in [2.75, 3.05) is 19.0 Å². The standard InChI is InChI=1S/C27H25IN2O5/c1-27(2,25(32)33)30(3)24(31)16-12-17(28)14-18(13-16)29-26(34)35-15-23-21-10-6-4-8-19(21)20-9-5-7-11-22(20)23/h4-14,23H,15H2,1-3H3,(H,29,34)(H,32,33). The zero-order valence-corrected chi connectivity index (χ0v) is 21.7. The van der Waals surface area contributed by atoms with Gasteiger partial charge >= 0.3 is 12.1 Å². The average molecular weight is 584 g/mol. The Balaban J connectivity index is 1.47. The van der Waals surface area contributed by atoms with Crippen LogP contribution in [0.5, 0.6) is 0 Å². The molecule has 0 aliphatic heterocycles. The van der Waals surface area contributed by atoms with Crippen LogP contribution in [-0.4, -0.2) is 47.2 Å². The third-order valence-corrected chi connectivity index (χ3v) is 7.02. The summed E-state index contributed by atoms with van der Waals surface area (Å²) in [5.41, 5.74) is 3.79. The summed E-state index contributed by atoms with van der Waals surface area (Å²) in [6.45, 7) is 3.08. The highest BCUT2D eigenvalue weighted by Crippen LogP contribution is 2.44. The lowest BCUT2D eigenvalue weighted by atomic mass is 9.98. The van der Waals surface area contributed by atoms with E-state index in [1.54, 1.807) is 12.1 Å². The molecule has 3 aromatic carbocycles. The second-order valence-corrected chi connectivity index (χ2v) is 10.2. The molecule has 180 valence electrons. The lowest BCUT2D eigenvalue weighted by molar-refractivity contribution is -0.147. The third kappa shape index (κ3) is 4.88. The first-order valence-corrected chi connectivity index (χ1v) is 12.1. The molecule has 0 fully saturated rings. The van der Waals surface area contributed by atoms with Crippen LogP contribution in [0.4, 0.5) is 10.5 Å². The van der Waals surface area contributed by atoms with Gasteiger partial charge in [0.2, 0.25) is 0 Å². The first-order chi connectivity index (χ1) is 16.6. The zero-order chi connectivity index (χ0) is 25.3. The molecule has 4 rings (SSSR count). The molecule has 8 heteroatoms. The molecule has 0 bridgehead atoms. The molecule has 0 saturated carbocycles. The molecule has 0 unspecified atom stereocenters. The number of carboxylic acid groups (broad SMARTS) is 1. The van der Waals surface area contributed by atoms with Gasteiger partial charge in [-0.15, -0.1) is 0 Å². The lowest BCUT2D eigenvalue weighted by Gasteiger charge is -2.31. The number of ether oxygens (including phenoxy) is 1. The van der Waals surface area contributed by atoms with Gasteiger partial charge < -0.3 is 14.7 Å². The van der Waals surface area contributed by atoms with Gasteiger partial charge in [-0.3, -0.25) is 10.1 Å². The summed E-state index contributed by atoms with van der Waals surface area (Å²) in [6, 6.07) is 21.1. The van der Waals surface area contributed by atoms with E-state index in [1.165, 1.54) is 27.0 Å². The fraction of sp³-hybridized carbons (Fsp3) is 0.222. The molecule has 1 aliphatic rings. The first-order valence-electron chi connectivity index (χ1n) is 11.0. The van der Waals surface area contributed by atoms with Crippen LogP contribution in [0.3, 0.4) is 0 Å². The quantitative estimate of drug-likeness (QED) is 0.369. The first kappa shape index (κ1) is 24.7. The van der Waals surface area contributed by atoms with Crippen molar-refractivity contribution >= 4 is 46.2 Å². The number of nitrogens with one attached hydrogen (secondary N) is 1. The van der Waals surface area contributed by atoms with E-state index in [2.05, 4.69) is 17.4 Å². The fourth-order valence-electron chi connectivity index (χ4n) is 4.13. The number of carboxylic acids is 1. The van der Waals surface area contributed by atoms with Crippen molar-refractivity contribution in [3.8, 4) is 11.1 Å². The highest BCUT2D eigenvalue weighted by molar-refractivity contribution is 14.1. The maximum absolute atomic E-state index is 12.9. The van der Waals surface area contributed by atoms with Crippen molar-refractivity contribution in [1.82, 2.24) is 4.90 Å². The van der Waals surface area contributed by atoms with Crippen LogP contribution in [0, 0.1) is 3.57 Å². The van der Waals surface area contributed by atoms with Crippen molar-refractivity contribution < 1.29 is 24.2 Å². The smallest absolute Gasteiger partial charge is 0.411 e. The number of carbonyl (C=O) groups is 3. The molecule has 0 atom stereocenters. The summed E-state index contributed by atoms with van der Waals surface area (Å²) in [7, 11) is 1.44. The second kappa shape index (κ2) is 9.69. The number of nitrogens with zero attached hydrogens (tertiary/aromatic N) is 1. The highest BCUT2D eigenvalue weighted by atomic mass is 127. The molecule has 0 spiro atoms. The van der Waals surface area contributed by atoms with Gasteiger partial charge in [-0.25, -0.2) is 9.59 Å². The number of benzene rings is 3. The van der Waals surface area contributed by atoms with Gasteiger partial charge in [-0.05, 0) is 76.9 Å². The fourth-order valence-corrected chi connectivity index (χ4v) is 4.80. The van der Waals surface area contributed by atoms with Gasteiger partial charge in [-0.2, -0.15) is 0 Å². The minimum Gasteiger partial charge on any atom is -0.480 e. The number of rotatable bonds is 6. The van der Waals surface area contributed by atoms with Crippen molar-refractivity contribution in [2.24, 2.45) is 0 Å². The summed E-state index contributed by atoms with van der Waals surface area (Å²) in [5, 5.41) is 12.1. The monoisotopic (exact) mass is 584 g/mol. The Morgan fingerprint density at radius 2 is 1.57 bits per heavy atom. The minimum absolute atomic E-state index is 0.0619. The van der Waals surface area contributed by atoms with Crippen LogP contribution in [0.25, 0.3) is 11.1 Å². The van der Waals surface area contributed by atoms with Gasteiger partial charge in [-0.1, -0.05) is 48.5 Å². The van der Waals surface area contributed by atoms with Gasteiger partial charge in [0.05, 0.1) is 0 Å². The number of hydrogen-bond acceptors (Lipinski definition) is 4. The number of anilines is 1. The highest BCUT2D eigenvalue weighted by Gasteiger charge is 2.36. The summed E-state index contributed by atoms with van der Waals surface area (Å²) >= 11 is 2.04. The maximum Gasteiger partial charge on any atom is 0.411 e. The predicted molar refractivity (Wildman–Crippen MR) is 142 cm³/mol. The predicted octanol–water partition coefficient (Wildman–Crippen LogP) is 5.59. The van der Waals surface area contributed by atoms with Crippen molar-refractivity contribution in [3.05, 3.63) is 87.0 Å². The Labute approximate surface area is 217 Å². The van der Waals surface area contributed by atoms with Gasteiger partial charge in [0.1, 0.15) is 12.1 Å². The summed E-state index contributed by atoms with van der Waals surface area (Å²) < 4.78 is 6.30. The van der Waals surface area contributed by atoms with Crippen LogP contribution in [-0.2, 0) is 9.53 Å². The van der Waals surface area contributed by atoms with E-state index >= 15 is 0 Å². The van der Waals surface area contributed by atoms with Gasteiger partial charge in [0.15, 0.2) is 0 Å². The van der Waals surface area contributed by atoms with Crippen LogP contribution >= 0.6 is 22.6 Å². The molecular formula is C27H25IN2O5. The van der Waals surface area contributed by atoms with Crippen LogP contribution in [0.2, 0.25) is 0 Å². The minimum atomic E-state index is -1.39. The van der Waals surface area contributed by atoms with E-state index in [0.29, 0.717) is 9.26 Å². The molecule has 2 amide bonds. The Morgan fingerprint density at radius 1 is 1.00 bits per heavy atom. The molecule has 7 nitrogen and oxygen atoms in total. The zero-order valence-electron chi connectivity index (χ0n) is 19.5. The van der Waals surface area contributed by atoms with Gasteiger partial charge in [0, 0.05) is 27.8 Å². The van der Waals surface area contributed by atoms with Crippen molar-refractivity contribution in [3.63, 3.8) is 0 Å². The van der Waals surface area contributed by atoms with E-state index in [1.807, 2.05) is 59.0 Å². The molecule has 0 radical (unpaired) electrons. The SMILES string of the molecule is CN(C(=O)c1cc(I)cc(NC(=O)OCC2c3ccccc3-c3ccccc32)c1)C(C)(C)C(=O)O. The summed E-state index contributed by atoms with van der Waals surface area (Å²) in [5.74, 6) is -1.64. The number of amides is 2. The topological polar surface area (TPSA) is 95.9 Å². The van der Waals surface area contributed by atoms with E-state index < -0.39 is 23.5 Å². The largest absolute Gasteiger partial charge is 0.480 e. The van der Waals surface area contributed by atoms with Crippen molar-refractivity contribution in [1.29, 1.82) is 0 Å². The summed E-state index contributed by atoms with van der Waals surface area (Å²) in [4.78, 5) is 38.3. The van der Waals surface area contributed by atoms with E-state index in [9.17, 15) is 19.5 Å². The normalized spacial score (nSPS) is 12.5. The molecule has 0 heterocycles. The van der Waals surface area contributed by atoms with Crippen LogP contribution < -0.4 is 5.32 Å². The number of fused-ring (bicyclic) bond motifs is 3. The van der Waals surface area contributed by atoms with Crippen molar-refractivity contribution in [2.45, 2.75) is 25.3 Å². The maximum atomic E-state index is 12.9. The van der Waals surface area contributed by atoms with E-state index in [0.717, 1.165) is 27.2 Å². The Morgan fingerprint density at radius 3 is 2.14 bits per heavy atom. The summed E-state index contributed by atoms with van der Waals surface area (Å²) in [6.07, 6.45) is -0.633. The Kier molecular flexibility index (Phi) is 6.84. The molecular weight excluding hydrogens is 559 g/mol. The number of hydrogen-bond donors (Lipinski definition) is 2. The Bertz CT molecular complexity index is 1270. The molecule has 1 aliphatic carbocycles. The number of aliphatic carboxylic acids is 1. The lowest BCUT2D eigenvalue weighted by Crippen LogP contribution is -2.50. The van der Waals surface area contributed by atoms with Crippen LogP contribution in [0.15, 0.2) is 66.7 Å². The average Bonchev–Trinajstić information content (AvgIpc) is 3.15. The second-order valence-electron chi connectivity index (χ2n) is 8.91. The molecule has 2 N–H and O–H groups in total. The number of carbonyl (C=O) groups excluding carboxylic acids is 2. The molecule has 3 aromatic rings. The number of halogens is 1. The van der Waals surface area contributed by atoms with E-state index in [4.69, 9.17) is 4.74 Å². The van der Waals surface area contributed by atoms with Gasteiger partial charge in [0.25, 0.3) is 5.91 Å². The molecule has 0 aromatic heterocycles. The van der Waals surface area contributed by atoms with Crippen LogP contribution in [0.1, 0.15) is 41.3 Å². The number of likely N-dealkylation sites (N-methyl/N-ethyl adjacent to an activating group) is 1.